The number of hydrogen-bond donors (Lipinski definition) is 2. The maximum atomic E-state index is 14.4. The van der Waals surface area contributed by atoms with E-state index in [0.717, 1.165) is 51.0 Å². The van der Waals surface area contributed by atoms with Gasteiger partial charge in [-0.25, -0.2) is 4.39 Å². The van der Waals surface area contributed by atoms with Crippen LogP contribution in [0.1, 0.15) is 31.5 Å². The maximum absolute atomic E-state index is 14.4. The second-order valence-corrected chi connectivity index (χ2v) is 6.78. The summed E-state index contributed by atoms with van der Waals surface area (Å²) >= 11 is 0. The van der Waals surface area contributed by atoms with Crippen LogP contribution in [0.4, 0.5) is 10.1 Å². The molecule has 1 atom stereocenters. The van der Waals surface area contributed by atoms with Crippen LogP contribution in [0.25, 0.3) is 11.4 Å². The molecule has 2 N–H and O–H groups in total. The van der Waals surface area contributed by atoms with Gasteiger partial charge in [0.1, 0.15) is 11.6 Å². The van der Waals surface area contributed by atoms with E-state index >= 15 is 0 Å². The van der Waals surface area contributed by atoms with Crippen molar-refractivity contribution in [2.45, 2.75) is 38.6 Å². The molecular formula is C18H22FN5O. The number of aryl methyl sites for hydroxylation is 1. The molecule has 0 spiro atoms. The summed E-state index contributed by atoms with van der Waals surface area (Å²) in [5, 5.41) is 14.5. The van der Waals surface area contributed by atoms with Gasteiger partial charge in [0.25, 0.3) is 0 Å². The van der Waals surface area contributed by atoms with Crippen molar-refractivity contribution < 1.29 is 9.18 Å². The van der Waals surface area contributed by atoms with E-state index in [0.29, 0.717) is 23.6 Å². The summed E-state index contributed by atoms with van der Waals surface area (Å²) in [5.41, 5.74) is 0.988. The Morgan fingerprint density at radius 3 is 3.04 bits per heavy atom. The largest absolute Gasteiger partial charge is 0.326 e. The van der Waals surface area contributed by atoms with Gasteiger partial charge in [-0.05, 0) is 44.0 Å². The third-order valence-electron chi connectivity index (χ3n) is 5.02. The number of rotatable bonds is 3. The Labute approximate surface area is 145 Å². The quantitative estimate of drug-likeness (QED) is 0.897. The molecule has 7 heteroatoms. The van der Waals surface area contributed by atoms with Crippen molar-refractivity contribution in [3.05, 3.63) is 29.8 Å². The Bertz CT molecular complexity index is 782. The van der Waals surface area contributed by atoms with Gasteiger partial charge < -0.3 is 15.2 Å². The minimum absolute atomic E-state index is 0.0253. The molecule has 2 aliphatic rings. The molecule has 1 aromatic heterocycles. The van der Waals surface area contributed by atoms with Gasteiger partial charge in [-0.2, -0.15) is 0 Å². The highest BCUT2D eigenvalue weighted by Gasteiger charge is 2.23. The number of fused-ring (bicyclic) bond motifs is 1. The lowest BCUT2D eigenvalue weighted by Crippen LogP contribution is -2.24. The first-order valence-electron chi connectivity index (χ1n) is 8.96. The molecule has 4 rings (SSSR count). The predicted octanol–water partition coefficient (Wildman–Crippen LogP) is 2.36. The minimum atomic E-state index is -0.347. The third-order valence-corrected chi connectivity index (χ3v) is 5.02. The number of nitrogens with one attached hydrogen (secondary N) is 2. The summed E-state index contributed by atoms with van der Waals surface area (Å²) in [7, 11) is 0. The molecule has 25 heavy (non-hydrogen) atoms. The fourth-order valence-electron chi connectivity index (χ4n) is 3.58. The zero-order valence-corrected chi connectivity index (χ0v) is 14.1. The van der Waals surface area contributed by atoms with Crippen LogP contribution in [0.15, 0.2) is 18.2 Å². The monoisotopic (exact) mass is 343 g/mol. The second kappa shape index (κ2) is 6.92. The zero-order chi connectivity index (χ0) is 17.2. The normalized spacial score (nSPS) is 20.1. The Kier molecular flexibility index (Phi) is 4.48. The number of carbonyl (C=O) groups is 1. The molecule has 0 saturated carbocycles. The second-order valence-electron chi connectivity index (χ2n) is 6.78. The predicted molar refractivity (Wildman–Crippen MR) is 92.6 cm³/mol. The summed E-state index contributed by atoms with van der Waals surface area (Å²) in [4.78, 5) is 12.3. The van der Waals surface area contributed by atoms with Crippen molar-refractivity contribution in [2.75, 3.05) is 18.4 Å². The molecule has 1 saturated heterocycles. The Morgan fingerprint density at radius 1 is 1.28 bits per heavy atom. The van der Waals surface area contributed by atoms with Gasteiger partial charge in [-0.1, -0.05) is 6.42 Å². The smallest absolute Gasteiger partial charge is 0.228 e. The van der Waals surface area contributed by atoms with E-state index in [1.807, 2.05) is 4.57 Å². The highest BCUT2D eigenvalue weighted by Crippen LogP contribution is 2.27. The van der Waals surface area contributed by atoms with Crippen molar-refractivity contribution in [3.8, 4) is 11.4 Å². The van der Waals surface area contributed by atoms with E-state index in [-0.39, 0.29) is 17.6 Å². The van der Waals surface area contributed by atoms with E-state index in [1.54, 1.807) is 12.1 Å². The molecule has 0 radical (unpaired) electrons. The molecule has 1 aromatic carbocycles. The van der Waals surface area contributed by atoms with Crippen molar-refractivity contribution in [3.63, 3.8) is 0 Å². The summed E-state index contributed by atoms with van der Waals surface area (Å²) in [6.45, 7) is 2.36. The lowest BCUT2D eigenvalue weighted by molar-refractivity contribution is -0.119. The average molecular weight is 343 g/mol. The minimum Gasteiger partial charge on any atom is -0.326 e. The van der Waals surface area contributed by atoms with Crippen LogP contribution in [0, 0.1) is 11.7 Å². The number of aromatic nitrogens is 3. The Balaban J connectivity index is 1.62. The van der Waals surface area contributed by atoms with Gasteiger partial charge in [0.2, 0.25) is 5.91 Å². The summed E-state index contributed by atoms with van der Waals surface area (Å²) < 4.78 is 16.5. The molecule has 2 aromatic rings. The van der Waals surface area contributed by atoms with Crippen LogP contribution in [-0.2, 0) is 17.8 Å². The van der Waals surface area contributed by atoms with Gasteiger partial charge in [-0.15, -0.1) is 10.2 Å². The zero-order valence-electron chi connectivity index (χ0n) is 14.1. The van der Waals surface area contributed by atoms with Crippen LogP contribution in [0.5, 0.6) is 0 Å². The van der Waals surface area contributed by atoms with Gasteiger partial charge in [0.15, 0.2) is 5.82 Å². The number of hydrogen-bond acceptors (Lipinski definition) is 4. The highest BCUT2D eigenvalue weighted by molar-refractivity contribution is 5.93. The van der Waals surface area contributed by atoms with Gasteiger partial charge in [0, 0.05) is 25.2 Å². The standard InChI is InChI=1S/C18H22FN5O/c19-15-6-5-13(21-18(25)12-7-8-20-11-12)10-14(15)17-23-22-16-4-2-1-3-9-24(16)17/h5-6,10,12,20H,1-4,7-9,11H2,(H,21,25). The maximum Gasteiger partial charge on any atom is 0.228 e. The van der Waals surface area contributed by atoms with Crippen molar-refractivity contribution in [1.82, 2.24) is 20.1 Å². The molecule has 2 aliphatic heterocycles. The van der Waals surface area contributed by atoms with Gasteiger partial charge in [-0.3, -0.25) is 4.79 Å². The third kappa shape index (κ3) is 3.28. The number of halogens is 1. The molecule has 0 bridgehead atoms. The molecule has 1 amide bonds. The van der Waals surface area contributed by atoms with E-state index < -0.39 is 0 Å². The van der Waals surface area contributed by atoms with Crippen LogP contribution < -0.4 is 10.6 Å². The first kappa shape index (κ1) is 16.2. The van der Waals surface area contributed by atoms with Crippen LogP contribution in [0.2, 0.25) is 0 Å². The number of carbonyl (C=O) groups excluding carboxylic acids is 1. The number of anilines is 1. The van der Waals surface area contributed by atoms with Crippen molar-refractivity contribution in [1.29, 1.82) is 0 Å². The molecular weight excluding hydrogens is 321 g/mol. The number of nitrogens with zero attached hydrogens (tertiary/aromatic N) is 3. The first-order valence-corrected chi connectivity index (χ1v) is 8.96. The van der Waals surface area contributed by atoms with Crippen molar-refractivity contribution >= 4 is 11.6 Å². The van der Waals surface area contributed by atoms with E-state index in [4.69, 9.17) is 0 Å². The van der Waals surface area contributed by atoms with Crippen LogP contribution >= 0.6 is 0 Å². The van der Waals surface area contributed by atoms with Gasteiger partial charge in [0.05, 0.1) is 11.5 Å². The molecule has 6 nitrogen and oxygen atoms in total. The molecule has 3 heterocycles. The molecule has 1 fully saturated rings. The Morgan fingerprint density at radius 2 is 2.20 bits per heavy atom. The van der Waals surface area contributed by atoms with E-state index in [9.17, 15) is 9.18 Å². The fraction of sp³-hybridized carbons (Fsp3) is 0.500. The highest BCUT2D eigenvalue weighted by atomic mass is 19.1. The number of amides is 1. The molecule has 132 valence electrons. The summed E-state index contributed by atoms with van der Waals surface area (Å²) in [6, 6.07) is 4.65. The lowest BCUT2D eigenvalue weighted by atomic mass is 10.1. The SMILES string of the molecule is O=C(Nc1ccc(F)c(-c2nnc3n2CCCCC3)c1)C1CCNC1. The fourth-order valence-corrected chi connectivity index (χ4v) is 3.58. The van der Waals surface area contributed by atoms with Gasteiger partial charge >= 0.3 is 0 Å². The molecule has 0 aliphatic carbocycles. The van der Waals surface area contributed by atoms with E-state index in [1.165, 1.54) is 6.07 Å². The first-order chi connectivity index (χ1) is 12.2. The van der Waals surface area contributed by atoms with E-state index in [2.05, 4.69) is 20.8 Å². The average Bonchev–Trinajstić information content (AvgIpc) is 3.22. The molecule has 1 unspecified atom stereocenters. The Hall–Kier alpha value is -2.28. The van der Waals surface area contributed by atoms with Crippen LogP contribution in [-0.4, -0.2) is 33.8 Å². The number of benzene rings is 1. The topological polar surface area (TPSA) is 71.8 Å². The van der Waals surface area contributed by atoms with Crippen molar-refractivity contribution in [2.24, 2.45) is 5.92 Å². The van der Waals surface area contributed by atoms with Crippen LogP contribution in [0.3, 0.4) is 0 Å². The lowest BCUT2D eigenvalue weighted by Gasteiger charge is -2.12. The summed E-state index contributed by atoms with van der Waals surface area (Å²) in [6.07, 6.45) is 4.99. The summed E-state index contributed by atoms with van der Waals surface area (Å²) in [5.74, 6) is 1.06.